The molecule has 2 rings (SSSR count). The summed E-state index contributed by atoms with van der Waals surface area (Å²) in [6, 6.07) is 2.45. The molecule has 0 atom stereocenters. The number of nitrogens with zero attached hydrogens (tertiary/aromatic N) is 1. The zero-order chi connectivity index (χ0) is 11.1. The minimum Gasteiger partial charge on any atom is -0.404 e. The number of aromatic nitrogens is 2. The molecule has 0 saturated carbocycles. The average molecular weight is 237 g/mol. The SMILES string of the molecule is FC(F)(F)Oc1cc2nc[nH]c2cc1Cl. The average Bonchev–Trinajstić information content (AvgIpc) is 2.49. The van der Waals surface area contributed by atoms with Gasteiger partial charge < -0.3 is 9.72 Å². The molecule has 1 aromatic heterocycles. The number of imidazole rings is 1. The Bertz CT molecular complexity index is 494. The fourth-order valence-electron chi connectivity index (χ4n) is 1.14. The molecule has 7 heteroatoms. The van der Waals surface area contributed by atoms with Gasteiger partial charge in [0, 0.05) is 6.07 Å². The molecule has 80 valence electrons. The van der Waals surface area contributed by atoms with Gasteiger partial charge in [-0.2, -0.15) is 0 Å². The maximum Gasteiger partial charge on any atom is 0.573 e. The van der Waals surface area contributed by atoms with E-state index in [0.717, 1.165) is 6.07 Å². The maximum absolute atomic E-state index is 11.9. The summed E-state index contributed by atoms with van der Waals surface area (Å²) in [4.78, 5) is 6.51. The summed E-state index contributed by atoms with van der Waals surface area (Å²) in [5.41, 5.74) is 0.910. The summed E-state index contributed by atoms with van der Waals surface area (Å²) in [6.07, 6.45) is -3.40. The van der Waals surface area contributed by atoms with Crippen LogP contribution in [0.25, 0.3) is 11.0 Å². The standard InChI is InChI=1S/C8H4ClF3N2O/c9-4-1-5-6(14-3-13-5)2-7(4)15-8(10,11)12/h1-3H,(H,13,14). The normalized spacial score (nSPS) is 12.0. The number of halogens is 4. The molecule has 0 bridgehead atoms. The van der Waals surface area contributed by atoms with Gasteiger partial charge in [-0.25, -0.2) is 4.98 Å². The van der Waals surface area contributed by atoms with Crippen LogP contribution >= 0.6 is 11.6 Å². The minimum atomic E-state index is -4.76. The van der Waals surface area contributed by atoms with Gasteiger partial charge in [-0.1, -0.05) is 11.6 Å². The first-order valence-electron chi connectivity index (χ1n) is 3.84. The number of benzene rings is 1. The van der Waals surface area contributed by atoms with Crippen molar-refractivity contribution in [2.75, 3.05) is 0 Å². The summed E-state index contributed by atoms with van der Waals surface area (Å²) < 4.78 is 39.5. The molecule has 0 aliphatic heterocycles. The molecule has 0 radical (unpaired) electrons. The predicted molar refractivity (Wildman–Crippen MR) is 47.8 cm³/mol. The van der Waals surface area contributed by atoms with Crippen LogP contribution in [-0.4, -0.2) is 16.3 Å². The van der Waals surface area contributed by atoms with Gasteiger partial charge >= 0.3 is 6.36 Å². The van der Waals surface area contributed by atoms with Crippen LogP contribution in [0.4, 0.5) is 13.2 Å². The molecule has 0 amide bonds. The number of rotatable bonds is 1. The van der Waals surface area contributed by atoms with Crippen molar-refractivity contribution in [2.45, 2.75) is 6.36 Å². The summed E-state index contributed by atoms with van der Waals surface area (Å²) in [5, 5.41) is -0.121. The second kappa shape index (κ2) is 3.30. The molecule has 0 aliphatic carbocycles. The quantitative estimate of drug-likeness (QED) is 0.826. The number of H-pyrrole nitrogens is 1. The van der Waals surface area contributed by atoms with Crippen LogP contribution in [0.15, 0.2) is 18.5 Å². The van der Waals surface area contributed by atoms with Crippen LogP contribution < -0.4 is 4.74 Å². The third-order valence-corrected chi connectivity index (χ3v) is 1.99. The minimum absolute atomic E-state index is 0.121. The molecule has 0 fully saturated rings. The molecule has 2 aromatic rings. The second-order valence-electron chi connectivity index (χ2n) is 2.75. The fraction of sp³-hybridized carbons (Fsp3) is 0.125. The van der Waals surface area contributed by atoms with Crippen molar-refractivity contribution in [3.05, 3.63) is 23.5 Å². The van der Waals surface area contributed by atoms with Gasteiger partial charge in [0.1, 0.15) is 5.75 Å². The molecule has 0 spiro atoms. The van der Waals surface area contributed by atoms with E-state index in [4.69, 9.17) is 11.6 Å². The fourth-order valence-corrected chi connectivity index (χ4v) is 1.34. The summed E-state index contributed by atoms with van der Waals surface area (Å²) >= 11 is 5.59. The maximum atomic E-state index is 11.9. The van der Waals surface area contributed by atoms with E-state index in [9.17, 15) is 13.2 Å². The summed E-state index contributed by atoms with van der Waals surface area (Å²) in [7, 11) is 0. The lowest BCUT2D eigenvalue weighted by molar-refractivity contribution is -0.274. The van der Waals surface area contributed by atoms with E-state index >= 15 is 0 Å². The highest BCUT2D eigenvalue weighted by molar-refractivity contribution is 6.32. The first-order valence-corrected chi connectivity index (χ1v) is 4.22. The molecular formula is C8H4ClF3N2O. The number of fused-ring (bicyclic) bond motifs is 1. The van der Waals surface area contributed by atoms with Gasteiger partial charge in [0.25, 0.3) is 0 Å². The van der Waals surface area contributed by atoms with Crippen molar-refractivity contribution in [3.8, 4) is 5.75 Å². The van der Waals surface area contributed by atoms with Crippen molar-refractivity contribution >= 4 is 22.6 Å². The highest BCUT2D eigenvalue weighted by Gasteiger charge is 2.32. The number of alkyl halides is 3. The Balaban J connectivity index is 2.46. The van der Waals surface area contributed by atoms with Crippen molar-refractivity contribution in [3.63, 3.8) is 0 Å². The van der Waals surface area contributed by atoms with Crippen LogP contribution in [0.3, 0.4) is 0 Å². The van der Waals surface area contributed by atoms with Crippen LogP contribution in [0.2, 0.25) is 5.02 Å². The van der Waals surface area contributed by atoms with Crippen molar-refractivity contribution in [2.24, 2.45) is 0 Å². The number of nitrogens with one attached hydrogen (secondary N) is 1. The van der Waals surface area contributed by atoms with Gasteiger partial charge in [0.05, 0.1) is 22.4 Å². The lowest BCUT2D eigenvalue weighted by atomic mass is 10.3. The van der Waals surface area contributed by atoms with Gasteiger partial charge in [-0.05, 0) is 6.07 Å². The first kappa shape index (κ1) is 10.1. The zero-order valence-corrected chi connectivity index (χ0v) is 7.86. The monoisotopic (exact) mass is 236 g/mol. The highest BCUT2D eigenvalue weighted by atomic mass is 35.5. The Morgan fingerprint density at radius 1 is 1.33 bits per heavy atom. The molecule has 15 heavy (non-hydrogen) atoms. The van der Waals surface area contributed by atoms with Gasteiger partial charge in [0.15, 0.2) is 0 Å². The molecule has 0 saturated heterocycles. The number of hydrogen-bond donors (Lipinski definition) is 1. The largest absolute Gasteiger partial charge is 0.573 e. The van der Waals surface area contributed by atoms with Crippen LogP contribution in [0.1, 0.15) is 0 Å². The van der Waals surface area contributed by atoms with Crippen molar-refractivity contribution in [1.82, 2.24) is 9.97 Å². The van der Waals surface area contributed by atoms with E-state index in [1.54, 1.807) is 0 Å². The Morgan fingerprint density at radius 3 is 2.73 bits per heavy atom. The summed E-state index contributed by atoms with van der Waals surface area (Å²) in [6.45, 7) is 0. The van der Waals surface area contributed by atoms with Gasteiger partial charge in [0.2, 0.25) is 0 Å². The number of aromatic amines is 1. The first-order chi connectivity index (χ1) is 6.96. The van der Waals surface area contributed by atoms with E-state index in [-0.39, 0.29) is 5.02 Å². The van der Waals surface area contributed by atoms with E-state index in [1.165, 1.54) is 12.4 Å². The van der Waals surface area contributed by atoms with Crippen LogP contribution in [0, 0.1) is 0 Å². The predicted octanol–water partition coefficient (Wildman–Crippen LogP) is 3.11. The van der Waals surface area contributed by atoms with Crippen molar-refractivity contribution in [1.29, 1.82) is 0 Å². The molecule has 1 heterocycles. The molecule has 0 aliphatic rings. The Kier molecular flexibility index (Phi) is 2.22. The number of hydrogen-bond acceptors (Lipinski definition) is 2. The second-order valence-corrected chi connectivity index (χ2v) is 3.16. The van der Waals surface area contributed by atoms with E-state index in [0.29, 0.717) is 11.0 Å². The highest BCUT2D eigenvalue weighted by Crippen LogP contribution is 2.32. The molecule has 0 unspecified atom stereocenters. The third kappa shape index (κ3) is 2.15. The molecule has 1 aromatic carbocycles. The van der Waals surface area contributed by atoms with Gasteiger partial charge in [-0.3, -0.25) is 0 Å². The summed E-state index contributed by atoms with van der Waals surface area (Å²) in [5.74, 6) is -0.455. The van der Waals surface area contributed by atoms with Gasteiger partial charge in [-0.15, -0.1) is 13.2 Å². The Hall–Kier alpha value is -1.43. The molecule has 3 nitrogen and oxygen atoms in total. The van der Waals surface area contributed by atoms with Crippen LogP contribution in [-0.2, 0) is 0 Å². The van der Waals surface area contributed by atoms with Crippen molar-refractivity contribution < 1.29 is 17.9 Å². The topological polar surface area (TPSA) is 37.9 Å². The van der Waals surface area contributed by atoms with Crippen LogP contribution in [0.5, 0.6) is 5.75 Å². The van der Waals surface area contributed by atoms with E-state index in [1.807, 2.05) is 0 Å². The molecule has 1 N–H and O–H groups in total. The Morgan fingerprint density at radius 2 is 2.07 bits per heavy atom. The lowest BCUT2D eigenvalue weighted by Crippen LogP contribution is -2.17. The smallest absolute Gasteiger partial charge is 0.404 e. The molecular weight excluding hydrogens is 233 g/mol. The third-order valence-electron chi connectivity index (χ3n) is 1.70. The van der Waals surface area contributed by atoms with E-state index < -0.39 is 12.1 Å². The Labute approximate surface area is 86.8 Å². The van der Waals surface area contributed by atoms with E-state index in [2.05, 4.69) is 14.7 Å². The zero-order valence-electron chi connectivity index (χ0n) is 7.10. The number of ether oxygens (including phenoxy) is 1. The lowest BCUT2D eigenvalue weighted by Gasteiger charge is -2.09.